The lowest BCUT2D eigenvalue weighted by Gasteiger charge is -2.35. The van der Waals surface area contributed by atoms with E-state index in [4.69, 9.17) is 9.73 Å². The Labute approximate surface area is 175 Å². The predicted molar refractivity (Wildman–Crippen MR) is 119 cm³/mol. The number of guanidine groups is 1. The molecule has 0 bridgehead atoms. The Morgan fingerprint density at radius 2 is 2.12 bits per heavy atom. The number of aliphatic imine (C=N–C) groups is 1. The number of nitrogens with one attached hydrogen (secondary N) is 2. The average molecular weight is 472 g/mol. The van der Waals surface area contributed by atoms with Crippen LogP contribution in [0.5, 0.6) is 0 Å². The van der Waals surface area contributed by atoms with Gasteiger partial charge in [-0.05, 0) is 31.9 Å². The van der Waals surface area contributed by atoms with Crippen LogP contribution >= 0.6 is 24.0 Å². The van der Waals surface area contributed by atoms with Crippen molar-refractivity contribution in [2.75, 3.05) is 39.3 Å². The number of halogens is 1. The lowest BCUT2D eigenvalue weighted by molar-refractivity contribution is -0.0453. The highest BCUT2D eigenvalue weighted by atomic mass is 127. The van der Waals surface area contributed by atoms with Gasteiger partial charge in [-0.25, -0.2) is 0 Å². The number of nitrogens with zero attached hydrogens (tertiary/aromatic N) is 2. The molecule has 146 valence electrons. The third kappa shape index (κ3) is 6.09. The first-order valence-corrected chi connectivity index (χ1v) is 9.69. The number of hydrogen-bond acceptors (Lipinski definition) is 3. The van der Waals surface area contributed by atoms with Crippen molar-refractivity contribution < 1.29 is 4.74 Å². The van der Waals surface area contributed by atoms with Crippen LogP contribution in [0.4, 0.5) is 0 Å². The van der Waals surface area contributed by atoms with E-state index >= 15 is 0 Å². The van der Waals surface area contributed by atoms with Crippen molar-refractivity contribution in [3.05, 3.63) is 35.9 Å². The SMILES string of the molecule is CCNC(=NCC(C)c1ccccc1)NCC1CN2CCCC2CO1.I. The van der Waals surface area contributed by atoms with E-state index in [0.717, 1.165) is 38.7 Å². The predicted octanol–water partition coefficient (Wildman–Crippen LogP) is 2.83. The van der Waals surface area contributed by atoms with Crippen molar-refractivity contribution in [1.29, 1.82) is 0 Å². The molecule has 6 heteroatoms. The van der Waals surface area contributed by atoms with Gasteiger partial charge in [0.2, 0.25) is 0 Å². The number of rotatable bonds is 6. The molecule has 1 aromatic carbocycles. The maximum absolute atomic E-state index is 6.03. The first-order valence-electron chi connectivity index (χ1n) is 9.69. The van der Waals surface area contributed by atoms with Gasteiger partial charge in [0.15, 0.2) is 5.96 Å². The number of fused-ring (bicyclic) bond motifs is 1. The molecule has 0 radical (unpaired) electrons. The Hall–Kier alpha value is -0.860. The Bertz CT molecular complexity index is 554. The molecule has 0 saturated carbocycles. The quantitative estimate of drug-likeness (QED) is 0.380. The summed E-state index contributed by atoms with van der Waals surface area (Å²) in [5.74, 6) is 1.30. The van der Waals surface area contributed by atoms with Gasteiger partial charge >= 0.3 is 0 Å². The zero-order chi connectivity index (χ0) is 17.5. The van der Waals surface area contributed by atoms with E-state index in [9.17, 15) is 0 Å². The molecule has 3 unspecified atom stereocenters. The van der Waals surface area contributed by atoms with Gasteiger partial charge in [-0.3, -0.25) is 9.89 Å². The van der Waals surface area contributed by atoms with Crippen LogP contribution in [0.25, 0.3) is 0 Å². The van der Waals surface area contributed by atoms with Crippen LogP contribution in [0.1, 0.15) is 38.2 Å². The van der Waals surface area contributed by atoms with E-state index in [1.165, 1.54) is 24.9 Å². The van der Waals surface area contributed by atoms with Gasteiger partial charge < -0.3 is 15.4 Å². The molecule has 1 aromatic rings. The summed E-state index contributed by atoms with van der Waals surface area (Å²) in [5, 5.41) is 6.81. The van der Waals surface area contributed by atoms with Crippen LogP contribution in [0.3, 0.4) is 0 Å². The minimum Gasteiger partial charge on any atom is -0.373 e. The van der Waals surface area contributed by atoms with E-state index < -0.39 is 0 Å². The second-order valence-electron chi connectivity index (χ2n) is 7.16. The highest BCUT2D eigenvalue weighted by Crippen LogP contribution is 2.22. The standard InChI is InChI=1S/C20H32N4O.HI/c1-3-21-20(22-12-16(2)17-8-5-4-6-9-17)23-13-19-14-24-11-7-10-18(24)15-25-19;/h4-6,8-9,16,18-19H,3,7,10-15H2,1-2H3,(H2,21,22,23);1H. The Morgan fingerprint density at radius 1 is 1.31 bits per heavy atom. The fourth-order valence-electron chi connectivity index (χ4n) is 3.68. The van der Waals surface area contributed by atoms with Crippen molar-refractivity contribution >= 4 is 29.9 Å². The van der Waals surface area contributed by atoms with Crippen molar-refractivity contribution in [3.63, 3.8) is 0 Å². The molecular formula is C20H33IN4O. The zero-order valence-corrected chi connectivity index (χ0v) is 18.3. The highest BCUT2D eigenvalue weighted by Gasteiger charge is 2.32. The molecule has 2 aliphatic heterocycles. The number of benzene rings is 1. The third-order valence-electron chi connectivity index (χ3n) is 5.19. The van der Waals surface area contributed by atoms with Crippen LogP contribution in [0.15, 0.2) is 35.3 Å². The summed E-state index contributed by atoms with van der Waals surface area (Å²) in [6, 6.07) is 11.2. The van der Waals surface area contributed by atoms with E-state index in [0.29, 0.717) is 12.0 Å². The number of ether oxygens (including phenoxy) is 1. The second kappa shape index (κ2) is 11.1. The van der Waals surface area contributed by atoms with E-state index in [1.54, 1.807) is 0 Å². The smallest absolute Gasteiger partial charge is 0.191 e. The minimum atomic E-state index is 0. The molecule has 2 N–H and O–H groups in total. The minimum absolute atomic E-state index is 0. The van der Waals surface area contributed by atoms with E-state index in [-0.39, 0.29) is 30.1 Å². The molecule has 2 saturated heterocycles. The molecular weight excluding hydrogens is 439 g/mol. The van der Waals surface area contributed by atoms with Gasteiger partial charge in [0.05, 0.1) is 12.7 Å². The Morgan fingerprint density at radius 3 is 2.88 bits per heavy atom. The lowest BCUT2D eigenvalue weighted by atomic mass is 10.0. The summed E-state index contributed by atoms with van der Waals surface area (Å²) in [7, 11) is 0. The van der Waals surface area contributed by atoms with Crippen molar-refractivity contribution in [1.82, 2.24) is 15.5 Å². The second-order valence-corrected chi connectivity index (χ2v) is 7.16. The molecule has 0 spiro atoms. The molecule has 0 aromatic heterocycles. The van der Waals surface area contributed by atoms with Crippen LogP contribution < -0.4 is 10.6 Å². The fourth-order valence-corrected chi connectivity index (χ4v) is 3.68. The molecule has 0 amide bonds. The number of hydrogen-bond donors (Lipinski definition) is 2. The van der Waals surface area contributed by atoms with Crippen LogP contribution in [-0.2, 0) is 4.74 Å². The lowest BCUT2D eigenvalue weighted by Crippen LogP contribution is -2.51. The maximum atomic E-state index is 6.03. The normalized spacial score (nSPS) is 24.5. The van der Waals surface area contributed by atoms with Gasteiger partial charge in [-0.1, -0.05) is 37.3 Å². The van der Waals surface area contributed by atoms with Gasteiger partial charge in [0.25, 0.3) is 0 Å². The summed E-state index contributed by atoms with van der Waals surface area (Å²) in [6.45, 7) is 9.93. The molecule has 3 rings (SSSR count). The van der Waals surface area contributed by atoms with Gasteiger partial charge in [0.1, 0.15) is 0 Å². The molecule has 5 nitrogen and oxygen atoms in total. The van der Waals surface area contributed by atoms with Crippen LogP contribution in [-0.4, -0.2) is 62.3 Å². The maximum Gasteiger partial charge on any atom is 0.191 e. The van der Waals surface area contributed by atoms with Crippen molar-refractivity contribution in [3.8, 4) is 0 Å². The summed E-state index contributed by atoms with van der Waals surface area (Å²) >= 11 is 0. The van der Waals surface area contributed by atoms with Crippen LogP contribution in [0.2, 0.25) is 0 Å². The first-order chi connectivity index (χ1) is 12.3. The van der Waals surface area contributed by atoms with Gasteiger partial charge in [-0.15, -0.1) is 24.0 Å². The molecule has 26 heavy (non-hydrogen) atoms. The Kier molecular flexibility index (Phi) is 9.15. The Balaban J connectivity index is 0.00000243. The summed E-state index contributed by atoms with van der Waals surface area (Å²) in [4.78, 5) is 7.35. The number of morpholine rings is 1. The monoisotopic (exact) mass is 472 g/mol. The zero-order valence-electron chi connectivity index (χ0n) is 16.0. The van der Waals surface area contributed by atoms with Gasteiger partial charge in [-0.2, -0.15) is 0 Å². The van der Waals surface area contributed by atoms with Gasteiger partial charge in [0, 0.05) is 38.1 Å². The van der Waals surface area contributed by atoms with E-state index in [1.807, 2.05) is 0 Å². The fraction of sp³-hybridized carbons (Fsp3) is 0.650. The molecule has 2 heterocycles. The average Bonchev–Trinajstić information content (AvgIpc) is 3.12. The van der Waals surface area contributed by atoms with Crippen LogP contribution in [0, 0.1) is 0 Å². The molecule has 0 aliphatic carbocycles. The molecule has 2 fully saturated rings. The topological polar surface area (TPSA) is 48.9 Å². The summed E-state index contributed by atoms with van der Waals surface area (Å²) in [5.41, 5.74) is 1.33. The summed E-state index contributed by atoms with van der Waals surface area (Å²) < 4.78 is 6.03. The molecule has 3 atom stereocenters. The molecule has 2 aliphatic rings. The van der Waals surface area contributed by atoms with E-state index in [2.05, 4.69) is 59.7 Å². The third-order valence-corrected chi connectivity index (χ3v) is 5.19. The highest BCUT2D eigenvalue weighted by molar-refractivity contribution is 14.0. The van der Waals surface area contributed by atoms with Crippen molar-refractivity contribution in [2.24, 2.45) is 4.99 Å². The first kappa shape index (κ1) is 21.4. The largest absolute Gasteiger partial charge is 0.373 e. The van der Waals surface area contributed by atoms with Crippen molar-refractivity contribution in [2.45, 2.75) is 44.8 Å². The summed E-state index contributed by atoms with van der Waals surface area (Å²) in [6.07, 6.45) is 2.86.